The Hall–Kier alpha value is -2.46. The van der Waals surface area contributed by atoms with Crippen LogP contribution in [0.1, 0.15) is 36.8 Å². The van der Waals surface area contributed by atoms with Crippen molar-refractivity contribution in [2.45, 2.75) is 31.1 Å². The normalized spacial score (nSPS) is 15.7. The maximum atomic E-state index is 12.8. The molecule has 0 bridgehead atoms. The predicted octanol–water partition coefficient (Wildman–Crippen LogP) is 2.45. The molecule has 160 valence electrons. The zero-order valence-corrected chi connectivity index (χ0v) is 19.1. The first-order valence-electron chi connectivity index (χ1n) is 9.73. The molecular weight excluding hydrogens is 422 g/mol. The molecule has 1 aliphatic heterocycles. The number of aromatic nitrogens is 3. The van der Waals surface area contributed by atoms with Crippen molar-refractivity contribution in [3.05, 3.63) is 41.7 Å². The van der Waals surface area contributed by atoms with E-state index in [0.29, 0.717) is 31.7 Å². The van der Waals surface area contributed by atoms with Crippen LogP contribution >= 0.6 is 11.3 Å². The standard InChI is InChI=1S/C20H25N5O3S2/c1-20(2,3)16-13-25-18(21-16)29-19(22-25)24-10-8-23(9-11-24)17(26)14-6-5-7-15(12-14)30(4,27)28/h5-7,12-13H,8-11H2,1-4H3. The lowest BCUT2D eigenvalue weighted by Gasteiger charge is -2.34. The Balaban J connectivity index is 1.44. The van der Waals surface area contributed by atoms with E-state index < -0.39 is 9.84 Å². The Morgan fingerprint density at radius 3 is 2.43 bits per heavy atom. The predicted molar refractivity (Wildman–Crippen MR) is 117 cm³/mol. The molecule has 1 amide bonds. The minimum atomic E-state index is -3.35. The number of fused-ring (bicyclic) bond motifs is 1. The number of hydrogen-bond acceptors (Lipinski definition) is 7. The Kier molecular flexibility index (Phi) is 5.09. The summed E-state index contributed by atoms with van der Waals surface area (Å²) < 4.78 is 25.4. The van der Waals surface area contributed by atoms with Gasteiger partial charge >= 0.3 is 0 Å². The number of carbonyl (C=O) groups excluding carboxylic acids is 1. The maximum Gasteiger partial charge on any atom is 0.254 e. The van der Waals surface area contributed by atoms with Gasteiger partial charge in [0.15, 0.2) is 9.84 Å². The first kappa shape index (κ1) is 20.8. The summed E-state index contributed by atoms with van der Waals surface area (Å²) in [6.07, 6.45) is 3.12. The molecule has 0 saturated carbocycles. The number of amides is 1. The molecule has 0 N–H and O–H groups in total. The van der Waals surface area contributed by atoms with Gasteiger partial charge in [-0.15, -0.1) is 5.10 Å². The summed E-state index contributed by atoms with van der Waals surface area (Å²) in [5.41, 5.74) is 1.39. The van der Waals surface area contributed by atoms with Gasteiger partial charge in [0, 0.05) is 43.4 Å². The molecule has 4 rings (SSSR count). The van der Waals surface area contributed by atoms with Gasteiger partial charge < -0.3 is 9.80 Å². The summed E-state index contributed by atoms with van der Waals surface area (Å²) in [4.78, 5) is 22.5. The fraction of sp³-hybridized carbons (Fsp3) is 0.450. The van der Waals surface area contributed by atoms with Gasteiger partial charge in [0.25, 0.3) is 5.91 Å². The average molecular weight is 448 g/mol. The molecule has 1 aliphatic rings. The molecule has 0 radical (unpaired) electrons. The molecule has 2 aromatic heterocycles. The van der Waals surface area contributed by atoms with Crippen molar-refractivity contribution in [2.75, 3.05) is 37.3 Å². The Bertz CT molecular complexity index is 1170. The number of nitrogens with zero attached hydrogens (tertiary/aromatic N) is 5. The number of carbonyl (C=O) groups is 1. The molecule has 1 aromatic carbocycles. The van der Waals surface area contributed by atoms with Crippen LogP contribution in [0.3, 0.4) is 0 Å². The third-order valence-corrected chi connectivity index (χ3v) is 7.24. The molecule has 0 atom stereocenters. The molecule has 10 heteroatoms. The largest absolute Gasteiger partial charge is 0.343 e. The smallest absolute Gasteiger partial charge is 0.254 e. The van der Waals surface area contributed by atoms with E-state index in [0.717, 1.165) is 22.0 Å². The summed E-state index contributed by atoms with van der Waals surface area (Å²) >= 11 is 1.55. The molecule has 0 unspecified atom stereocenters. The second kappa shape index (κ2) is 7.35. The summed E-state index contributed by atoms with van der Waals surface area (Å²) in [6, 6.07) is 6.23. The van der Waals surface area contributed by atoms with Crippen molar-refractivity contribution in [2.24, 2.45) is 0 Å². The Morgan fingerprint density at radius 2 is 1.83 bits per heavy atom. The molecule has 3 heterocycles. The van der Waals surface area contributed by atoms with E-state index in [2.05, 4.69) is 35.8 Å². The van der Waals surface area contributed by atoms with Gasteiger partial charge in [-0.1, -0.05) is 38.2 Å². The molecular formula is C20H25N5O3S2. The van der Waals surface area contributed by atoms with E-state index in [-0.39, 0.29) is 16.2 Å². The van der Waals surface area contributed by atoms with Crippen LogP contribution in [0.2, 0.25) is 0 Å². The number of piperazine rings is 1. The maximum absolute atomic E-state index is 12.8. The van der Waals surface area contributed by atoms with Crippen LogP contribution in [-0.2, 0) is 15.3 Å². The average Bonchev–Trinajstić information content (AvgIpc) is 3.26. The second-order valence-corrected chi connectivity index (χ2v) is 11.5. The third kappa shape index (κ3) is 4.06. The Morgan fingerprint density at radius 1 is 1.13 bits per heavy atom. The zero-order valence-electron chi connectivity index (χ0n) is 17.5. The van der Waals surface area contributed by atoms with E-state index in [9.17, 15) is 13.2 Å². The van der Waals surface area contributed by atoms with E-state index in [1.807, 2.05) is 10.7 Å². The Labute approximate surface area is 180 Å². The first-order valence-corrected chi connectivity index (χ1v) is 12.4. The van der Waals surface area contributed by atoms with E-state index in [1.54, 1.807) is 28.4 Å². The van der Waals surface area contributed by atoms with Gasteiger partial charge in [-0.3, -0.25) is 4.79 Å². The fourth-order valence-corrected chi connectivity index (χ4v) is 4.92. The number of imidazole rings is 1. The fourth-order valence-electron chi connectivity index (χ4n) is 3.32. The number of benzene rings is 1. The number of rotatable bonds is 3. The van der Waals surface area contributed by atoms with Crippen molar-refractivity contribution in [1.82, 2.24) is 19.5 Å². The minimum absolute atomic E-state index is 0.0199. The zero-order chi connectivity index (χ0) is 21.7. The van der Waals surface area contributed by atoms with E-state index in [1.165, 1.54) is 12.1 Å². The van der Waals surface area contributed by atoms with Gasteiger partial charge in [-0.2, -0.15) is 0 Å². The highest BCUT2D eigenvalue weighted by Gasteiger charge is 2.26. The van der Waals surface area contributed by atoms with E-state index in [4.69, 9.17) is 0 Å². The monoisotopic (exact) mass is 447 g/mol. The highest BCUT2D eigenvalue weighted by molar-refractivity contribution is 7.90. The highest BCUT2D eigenvalue weighted by atomic mass is 32.2. The van der Waals surface area contributed by atoms with Crippen molar-refractivity contribution in [3.8, 4) is 0 Å². The lowest BCUT2D eigenvalue weighted by molar-refractivity contribution is 0.0746. The molecule has 30 heavy (non-hydrogen) atoms. The number of sulfone groups is 1. The van der Waals surface area contributed by atoms with Crippen LogP contribution in [0.15, 0.2) is 35.4 Å². The molecule has 0 aliphatic carbocycles. The van der Waals surface area contributed by atoms with Crippen LogP contribution in [0.25, 0.3) is 4.96 Å². The van der Waals surface area contributed by atoms with Crippen LogP contribution in [-0.4, -0.2) is 66.3 Å². The van der Waals surface area contributed by atoms with Crippen molar-refractivity contribution in [3.63, 3.8) is 0 Å². The summed E-state index contributed by atoms with van der Waals surface area (Å²) in [6.45, 7) is 8.82. The van der Waals surface area contributed by atoms with Gasteiger partial charge in [0.2, 0.25) is 10.1 Å². The minimum Gasteiger partial charge on any atom is -0.343 e. The third-order valence-electron chi connectivity index (χ3n) is 5.15. The van der Waals surface area contributed by atoms with Crippen molar-refractivity contribution >= 4 is 37.2 Å². The topological polar surface area (TPSA) is 87.9 Å². The summed E-state index contributed by atoms with van der Waals surface area (Å²) in [5.74, 6) is -0.149. The summed E-state index contributed by atoms with van der Waals surface area (Å²) in [5, 5.41) is 5.56. The van der Waals surface area contributed by atoms with Gasteiger partial charge in [0.1, 0.15) is 0 Å². The van der Waals surface area contributed by atoms with E-state index >= 15 is 0 Å². The number of anilines is 1. The molecule has 8 nitrogen and oxygen atoms in total. The van der Waals surface area contributed by atoms with Crippen LogP contribution < -0.4 is 4.90 Å². The molecule has 1 fully saturated rings. The summed E-state index contributed by atoms with van der Waals surface area (Å²) in [7, 11) is -3.35. The van der Waals surface area contributed by atoms with Gasteiger partial charge in [-0.25, -0.2) is 17.9 Å². The lowest BCUT2D eigenvalue weighted by Crippen LogP contribution is -2.48. The van der Waals surface area contributed by atoms with Gasteiger partial charge in [-0.05, 0) is 18.2 Å². The van der Waals surface area contributed by atoms with Gasteiger partial charge in [0.05, 0.1) is 16.8 Å². The lowest BCUT2D eigenvalue weighted by atomic mass is 9.93. The van der Waals surface area contributed by atoms with Crippen LogP contribution in [0.4, 0.5) is 5.13 Å². The second-order valence-electron chi connectivity index (χ2n) is 8.57. The molecule has 3 aromatic rings. The number of hydrogen-bond donors (Lipinski definition) is 0. The van der Waals surface area contributed by atoms with Crippen LogP contribution in [0.5, 0.6) is 0 Å². The van der Waals surface area contributed by atoms with Crippen molar-refractivity contribution < 1.29 is 13.2 Å². The molecule has 0 spiro atoms. The quantitative estimate of drug-likeness (QED) is 0.613. The van der Waals surface area contributed by atoms with Crippen LogP contribution in [0, 0.1) is 0 Å². The highest BCUT2D eigenvalue weighted by Crippen LogP contribution is 2.28. The first-order chi connectivity index (χ1) is 14.0. The molecule has 1 saturated heterocycles. The van der Waals surface area contributed by atoms with Crippen molar-refractivity contribution in [1.29, 1.82) is 0 Å². The SMILES string of the molecule is CC(C)(C)c1cn2nc(N3CCN(C(=O)c4cccc(S(C)(=O)=O)c4)CC3)sc2n1.